The van der Waals surface area contributed by atoms with Crippen LogP contribution in [0, 0.1) is 5.82 Å². The molecule has 0 radical (unpaired) electrons. The summed E-state index contributed by atoms with van der Waals surface area (Å²) in [5.74, 6) is -0.657. The number of nitrogens with zero attached hydrogens (tertiary/aromatic N) is 1. The Bertz CT molecular complexity index is 664. The lowest BCUT2D eigenvalue weighted by Gasteiger charge is -2.20. The van der Waals surface area contributed by atoms with Crippen molar-refractivity contribution in [2.24, 2.45) is 0 Å². The molecule has 2 N–H and O–H groups in total. The quantitative estimate of drug-likeness (QED) is 0.863. The maximum absolute atomic E-state index is 13.3. The number of nitrogens with two attached hydrogens (primary N) is 1. The molecule has 0 saturated carbocycles. The zero-order chi connectivity index (χ0) is 14.8. The van der Waals surface area contributed by atoms with Crippen molar-refractivity contribution >= 4 is 27.0 Å². The molecular formula is C13H15FN2O2S2. The summed E-state index contributed by atoms with van der Waals surface area (Å²) in [7, 11) is -3.75. The molecule has 0 bridgehead atoms. The summed E-state index contributed by atoms with van der Waals surface area (Å²) in [6.07, 6.45) is 0. The lowest BCUT2D eigenvalue weighted by atomic mass is 10.3. The van der Waals surface area contributed by atoms with Crippen LogP contribution in [0.3, 0.4) is 0 Å². The summed E-state index contributed by atoms with van der Waals surface area (Å²) in [6.45, 7) is 2.32. The summed E-state index contributed by atoms with van der Waals surface area (Å²) < 4.78 is 39.6. The Morgan fingerprint density at radius 3 is 2.65 bits per heavy atom. The first-order chi connectivity index (χ1) is 9.43. The Kier molecular flexibility index (Phi) is 4.42. The predicted molar refractivity (Wildman–Crippen MR) is 78.4 cm³/mol. The van der Waals surface area contributed by atoms with E-state index in [4.69, 9.17) is 5.73 Å². The van der Waals surface area contributed by atoms with Gasteiger partial charge in [0.05, 0.1) is 4.90 Å². The molecule has 0 spiro atoms. The van der Waals surface area contributed by atoms with Gasteiger partial charge in [0.15, 0.2) is 0 Å². The van der Waals surface area contributed by atoms with Crippen LogP contribution in [0.15, 0.2) is 40.6 Å². The first-order valence-electron chi connectivity index (χ1n) is 6.02. The van der Waals surface area contributed by atoms with E-state index in [0.717, 1.165) is 17.0 Å². The Morgan fingerprint density at radius 1 is 1.35 bits per heavy atom. The Morgan fingerprint density at radius 2 is 2.10 bits per heavy atom. The van der Waals surface area contributed by atoms with Gasteiger partial charge in [-0.3, -0.25) is 0 Å². The lowest BCUT2D eigenvalue weighted by Crippen LogP contribution is -2.30. The van der Waals surface area contributed by atoms with Crippen LogP contribution in [0.1, 0.15) is 11.8 Å². The van der Waals surface area contributed by atoms with Crippen molar-refractivity contribution in [1.82, 2.24) is 4.31 Å². The van der Waals surface area contributed by atoms with E-state index in [1.807, 2.05) is 17.5 Å². The van der Waals surface area contributed by atoms with E-state index in [1.54, 1.807) is 6.92 Å². The van der Waals surface area contributed by atoms with Crippen LogP contribution in [0.5, 0.6) is 0 Å². The molecule has 0 aliphatic carbocycles. The van der Waals surface area contributed by atoms with Crippen molar-refractivity contribution in [3.63, 3.8) is 0 Å². The summed E-state index contributed by atoms with van der Waals surface area (Å²) in [5, 5.41) is 1.88. The van der Waals surface area contributed by atoms with E-state index in [-0.39, 0.29) is 17.1 Å². The Hall–Kier alpha value is -1.44. The molecule has 7 heteroatoms. The topological polar surface area (TPSA) is 63.4 Å². The molecule has 108 valence electrons. The number of hydrogen-bond donors (Lipinski definition) is 1. The van der Waals surface area contributed by atoms with Crippen molar-refractivity contribution in [3.8, 4) is 0 Å². The maximum atomic E-state index is 13.3. The molecule has 0 fully saturated rings. The molecule has 1 aromatic heterocycles. The molecular weight excluding hydrogens is 299 g/mol. The molecule has 20 heavy (non-hydrogen) atoms. The Labute approximate surface area is 121 Å². The van der Waals surface area contributed by atoms with Crippen molar-refractivity contribution in [2.45, 2.75) is 18.4 Å². The third kappa shape index (κ3) is 3.17. The standard InChI is InChI=1S/C13H15FN2O2S2/c1-2-16(9-12-4-3-5-19-12)20(17,18)13-7-10(14)6-11(15)8-13/h3-8H,2,9,15H2,1H3. The van der Waals surface area contributed by atoms with Gasteiger partial charge in [0.1, 0.15) is 5.82 Å². The van der Waals surface area contributed by atoms with Gasteiger partial charge in [-0.2, -0.15) is 4.31 Å². The summed E-state index contributed by atoms with van der Waals surface area (Å²) >= 11 is 1.48. The first-order valence-corrected chi connectivity index (χ1v) is 8.34. The lowest BCUT2D eigenvalue weighted by molar-refractivity contribution is 0.426. The van der Waals surface area contributed by atoms with Crippen molar-refractivity contribution in [2.75, 3.05) is 12.3 Å². The van der Waals surface area contributed by atoms with Crippen LogP contribution < -0.4 is 5.73 Å². The van der Waals surface area contributed by atoms with E-state index in [2.05, 4.69) is 0 Å². The molecule has 0 unspecified atom stereocenters. The van der Waals surface area contributed by atoms with E-state index < -0.39 is 15.8 Å². The number of benzene rings is 1. The second kappa shape index (κ2) is 5.90. The van der Waals surface area contributed by atoms with Gasteiger partial charge in [0, 0.05) is 23.7 Å². The van der Waals surface area contributed by atoms with Gasteiger partial charge in [0.25, 0.3) is 0 Å². The normalized spacial score (nSPS) is 11.9. The highest BCUT2D eigenvalue weighted by Crippen LogP contribution is 2.22. The van der Waals surface area contributed by atoms with Gasteiger partial charge in [-0.1, -0.05) is 13.0 Å². The smallest absolute Gasteiger partial charge is 0.243 e. The van der Waals surface area contributed by atoms with Crippen LogP contribution >= 0.6 is 11.3 Å². The SMILES string of the molecule is CCN(Cc1cccs1)S(=O)(=O)c1cc(N)cc(F)c1. The van der Waals surface area contributed by atoms with Gasteiger partial charge in [0.2, 0.25) is 10.0 Å². The van der Waals surface area contributed by atoms with Crippen molar-refractivity contribution in [1.29, 1.82) is 0 Å². The van der Waals surface area contributed by atoms with Crippen LogP contribution in [0.25, 0.3) is 0 Å². The van der Waals surface area contributed by atoms with Crippen LogP contribution in [0.4, 0.5) is 10.1 Å². The minimum atomic E-state index is -3.75. The molecule has 1 heterocycles. The molecule has 0 amide bonds. The zero-order valence-corrected chi connectivity index (χ0v) is 12.5. The molecule has 0 aliphatic heterocycles. The Balaban J connectivity index is 2.36. The van der Waals surface area contributed by atoms with Gasteiger partial charge in [-0.05, 0) is 29.6 Å². The van der Waals surface area contributed by atoms with E-state index in [0.29, 0.717) is 6.54 Å². The van der Waals surface area contributed by atoms with Crippen molar-refractivity contribution < 1.29 is 12.8 Å². The molecule has 2 rings (SSSR count). The van der Waals surface area contributed by atoms with E-state index in [1.165, 1.54) is 21.7 Å². The summed E-state index contributed by atoms with van der Waals surface area (Å²) in [6, 6.07) is 7.08. The van der Waals surface area contributed by atoms with Gasteiger partial charge in [-0.15, -0.1) is 11.3 Å². The maximum Gasteiger partial charge on any atom is 0.243 e. The third-order valence-corrected chi connectivity index (χ3v) is 5.56. The number of anilines is 1. The molecule has 0 atom stereocenters. The molecule has 4 nitrogen and oxygen atoms in total. The summed E-state index contributed by atoms with van der Waals surface area (Å²) in [5.41, 5.74) is 5.61. The van der Waals surface area contributed by atoms with Gasteiger partial charge in [-0.25, -0.2) is 12.8 Å². The van der Waals surface area contributed by atoms with Crippen LogP contribution in [0.2, 0.25) is 0 Å². The molecule has 0 saturated heterocycles. The zero-order valence-electron chi connectivity index (χ0n) is 10.9. The number of nitrogen functional groups attached to an aromatic ring is 1. The molecule has 2 aromatic rings. The number of halogens is 1. The van der Waals surface area contributed by atoms with Crippen LogP contribution in [-0.2, 0) is 16.6 Å². The van der Waals surface area contributed by atoms with E-state index >= 15 is 0 Å². The minimum Gasteiger partial charge on any atom is -0.399 e. The fraction of sp³-hybridized carbons (Fsp3) is 0.231. The summed E-state index contributed by atoms with van der Waals surface area (Å²) in [4.78, 5) is 0.813. The molecule has 1 aromatic carbocycles. The fourth-order valence-corrected chi connectivity index (χ4v) is 4.12. The first kappa shape index (κ1) is 15.0. The monoisotopic (exact) mass is 314 g/mol. The second-order valence-corrected chi connectivity index (χ2v) is 7.20. The van der Waals surface area contributed by atoms with Gasteiger partial charge >= 0.3 is 0 Å². The highest BCUT2D eigenvalue weighted by atomic mass is 32.2. The average molecular weight is 314 g/mol. The fourth-order valence-electron chi connectivity index (χ4n) is 1.83. The average Bonchev–Trinajstić information content (AvgIpc) is 2.87. The highest BCUT2D eigenvalue weighted by Gasteiger charge is 2.24. The third-order valence-electron chi connectivity index (χ3n) is 2.80. The number of rotatable bonds is 5. The largest absolute Gasteiger partial charge is 0.399 e. The minimum absolute atomic E-state index is 0.0933. The highest BCUT2D eigenvalue weighted by molar-refractivity contribution is 7.89. The number of thiophene rings is 1. The number of hydrogen-bond acceptors (Lipinski definition) is 4. The second-order valence-electron chi connectivity index (χ2n) is 4.23. The van der Waals surface area contributed by atoms with E-state index in [9.17, 15) is 12.8 Å². The van der Waals surface area contributed by atoms with Crippen LogP contribution in [-0.4, -0.2) is 19.3 Å². The van der Waals surface area contributed by atoms with Gasteiger partial charge < -0.3 is 5.73 Å². The predicted octanol–water partition coefficient (Wildman–Crippen LogP) is 2.68. The molecule has 0 aliphatic rings. The number of sulfonamides is 1. The van der Waals surface area contributed by atoms with Crippen molar-refractivity contribution in [3.05, 3.63) is 46.4 Å².